The fourth-order valence-electron chi connectivity index (χ4n) is 2.74. The first-order valence-corrected chi connectivity index (χ1v) is 8.66. The Hall–Kier alpha value is -3.14. The third-order valence-corrected chi connectivity index (χ3v) is 4.30. The highest BCUT2D eigenvalue weighted by molar-refractivity contribution is 5.91. The van der Waals surface area contributed by atoms with E-state index in [0.29, 0.717) is 6.54 Å². The number of hydrogen-bond acceptors (Lipinski definition) is 2. The molecular formula is C22H23N3O. The lowest BCUT2D eigenvalue weighted by molar-refractivity contribution is -0.125. The molecule has 0 radical (unpaired) electrons. The summed E-state index contributed by atoms with van der Waals surface area (Å²) in [5.41, 5.74) is 4.46. The Balaban J connectivity index is 1.59. The van der Waals surface area contributed by atoms with Crippen LogP contribution < -0.4 is 0 Å². The molecule has 3 rings (SSSR count). The minimum atomic E-state index is -0.0240. The molecule has 0 saturated heterocycles. The van der Waals surface area contributed by atoms with Crippen molar-refractivity contribution in [3.8, 4) is 0 Å². The minimum absolute atomic E-state index is 0.0240. The molecule has 26 heavy (non-hydrogen) atoms. The van der Waals surface area contributed by atoms with E-state index in [-0.39, 0.29) is 5.91 Å². The first-order valence-electron chi connectivity index (χ1n) is 8.66. The number of rotatable bonds is 6. The lowest BCUT2D eigenvalue weighted by Gasteiger charge is -2.16. The van der Waals surface area contributed by atoms with Crippen molar-refractivity contribution in [1.29, 1.82) is 0 Å². The second-order valence-electron chi connectivity index (χ2n) is 6.41. The molecule has 2 aromatic carbocycles. The topological polar surface area (TPSA) is 38.1 Å². The molecule has 0 spiro atoms. The predicted molar refractivity (Wildman–Crippen MR) is 104 cm³/mol. The molecule has 4 heteroatoms. The number of likely N-dealkylation sites (N-methyl/N-ethyl adjacent to an activating group) is 1. The Kier molecular flexibility index (Phi) is 5.64. The highest BCUT2D eigenvalue weighted by Crippen LogP contribution is 2.10. The normalized spacial score (nSPS) is 11.0. The van der Waals surface area contributed by atoms with Crippen LogP contribution >= 0.6 is 0 Å². The van der Waals surface area contributed by atoms with Crippen LogP contribution in [0.2, 0.25) is 0 Å². The van der Waals surface area contributed by atoms with Gasteiger partial charge in [-0.2, -0.15) is 5.10 Å². The van der Waals surface area contributed by atoms with Crippen molar-refractivity contribution in [3.63, 3.8) is 0 Å². The first kappa shape index (κ1) is 17.7. The highest BCUT2D eigenvalue weighted by Gasteiger charge is 2.07. The van der Waals surface area contributed by atoms with Gasteiger partial charge in [0.05, 0.1) is 12.7 Å². The Bertz CT molecular complexity index is 897. The Morgan fingerprint density at radius 2 is 1.85 bits per heavy atom. The van der Waals surface area contributed by atoms with Gasteiger partial charge in [-0.05, 0) is 29.7 Å². The summed E-state index contributed by atoms with van der Waals surface area (Å²) in [6, 6.07) is 18.3. The quantitative estimate of drug-likeness (QED) is 0.635. The number of carbonyl (C=O) groups excluding carboxylic acids is 1. The van der Waals surface area contributed by atoms with Gasteiger partial charge in [-0.25, -0.2) is 0 Å². The number of aromatic nitrogens is 2. The summed E-state index contributed by atoms with van der Waals surface area (Å²) in [7, 11) is 1.82. The molecule has 4 nitrogen and oxygen atoms in total. The Morgan fingerprint density at radius 3 is 2.62 bits per heavy atom. The third-order valence-electron chi connectivity index (χ3n) is 4.30. The molecule has 0 bridgehead atoms. The second-order valence-corrected chi connectivity index (χ2v) is 6.41. The SMILES string of the molecule is Cc1ccccc1CN(C)C(=O)/C=C/c1cnn(Cc2ccccc2)c1. The van der Waals surface area contributed by atoms with Gasteiger partial charge in [-0.3, -0.25) is 9.48 Å². The molecule has 0 aliphatic carbocycles. The molecule has 1 heterocycles. The smallest absolute Gasteiger partial charge is 0.246 e. The van der Waals surface area contributed by atoms with E-state index >= 15 is 0 Å². The zero-order valence-corrected chi connectivity index (χ0v) is 15.2. The molecule has 0 aliphatic heterocycles. The minimum Gasteiger partial charge on any atom is -0.338 e. The van der Waals surface area contributed by atoms with E-state index in [9.17, 15) is 4.79 Å². The highest BCUT2D eigenvalue weighted by atomic mass is 16.2. The average molecular weight is 345 g/mol. The number of amides is 1. The van der Waals surface area contributed by atoms with Gasteiger partial charge in [0.25, 0.3) is 0 Å². The van der Waals surface area contributed by atoms with Crippen LogP contribution in [0.1, 0.15) is 22.3 Å². The Morgan fingerprint density at radius 1 is 1.12 bits per heavy atom. The molecule has 1 aromatic heterocycles. The van der Waals surface area contributed by atoms with Gasteiger partial charge in [-0.1, -0.05) is 54.6 Å². The maximum absolute atomic E-state index is 12.3. The molecule has 0 unspecified atom stereocenters. The molecule has 0 N–H and O–H groups in total. The molecule has 0 atom stereocenters. The van der Waals surface area contributed by atoms with Crippen molar-refractivity contribution in [2.24, 2.45) is 0 Å². The molecule has 132 valence electrons. The molecule has 1 amide bonds. The standard InChI is InChI=1S/C22H23N3O/c1-18-8-6-7-11-21(18)17-24(2)22(26)13-12-20-14-23-25(16-20)15-19-9-4-3-5-10-19/h3-14,16H,15,17H2,1-2H3/b13-12+. The van der Waals surface area contributed by atoms with Crippen molar-refractivity contribution < 1.29 is 4.79 Å². The zero-order chi connectivity index (χ0) is 18.4. The monoisotopic (exact) mass is 345 g/mol. The summed E-state index contributed by atoms with van der Waals surface area (Å²) in [4.78, 5) is 14.1. The second kappa shape index (κ2) is 8.30. The average Bonchev–Trinajstić information content (AvgIpc) is 3.09. The summed E-state index contributed by atoms with van der Waals surface area (Å²) in [5, 5.41) is 4.35. The van der Waals surface area contributed by atoms with Crippen LogP contribution in [0.25, 0.3) is 6.08 Å². The lowest BCUT2D eigenvalue weighted by atomic mass is 10.1. The van der Waals surface area contributed by atoms with Crippen molar-refractivity contribution in [2.75, 3.05) is 7.05 Å². The lowest BCUT2D eigenvalue weighted by Crippen LogP contribution is -2.24. The van der Waals surface area contributed by atoms with Gasteiger partial charge >= 0.3 is 0 Å². The third kappa shape index (κ3) is 4.70. The van der Waals surface area contributed by atoms with E-state index in [0.717, 1.165) is 17.7 Å². The van der Waals surface area contributed by atoms with Gasteiger partial charge in [0.15, 0.2) is 0 Å². The van der Waals surface area contributed by atoms with Crippen LogP contribution in [-0.4, -0.2) is 27.6 Å². The molecule has 0 saturated carbocycles. The van der Waals surface area contributed by atoms with E-state index in [4.69, 9.17) is 0 Å². The predicted octanol–water partition coefficient (Wildman–Crippen LogP) is 3.91. The number of nitrogens with zero attached hydrogens (tertiary/aromatic N) is 3. The molecule has 3 aromatic rings. The van der Waals surface area contributed by atoms with E-state index in [1.165, 1.54) is 11.1 Å². The van der Waals surface area contributed by atoms with Crippen LogP contribution in [0.3, 0.4) is 0 Å². The number of aryl methyl sites for hydroxylation is 1. The number of benzene rings is 2. The zero-order valence-electron chi connectivity index (χ0n) is 15.2. The van der Waals surface area contributed by atoms with Crippen molar-refractivity contribution in [1.82, 2.24) is 14.7 Å². The summed E-state index contributed by atoms with van der Waals surface area (Å²) < 4.78 is 1.87. The van der Waals surface area contributed by atoms with Gasteiger partial charge < -0.3 is 4.90 Å². The maximum atomic E-state index is 12.3. The van der Waals surface area contributed by atoms with Crippen molar-refractivity contribution >= 4 is 12.0 Å². The number of carbonyl (C=O) groups is 1. The summed E-state index contributed by atoms with van der Waals surface area (Å²) in [5.74, 6) is -0.0240. The van der Waals surface area contributed by atoms with Crippen LogP contribution in [0, 0.1) is 6.92 Å². The van der Waals surface area contributed by atoms with Gasteiger partial charge in [0.1, 0.15) is 0 Å². The van der Waals surface area contributed by atoms with E-state index < -0.39 is 0 Å². The van der Waals surface area contributed by atoms with Crippen LogP contribution in [0.5, 0.6) is 0 Å². The fraction of sp³-hybridized carbons (Fsp3) is 0.182. The number of hydrogen-bond donors (Lipinski definition) is 0. The van der Waals surface area contributed by atoms with E-state index in [2.05, 4.69) is 36.3 Å². The Labute approximate surface area is 154 Å². The van der Waals surface area contributed by atoms with E-state index in [1.807, 2.05) is 54.3 Å². The summed E-state index contributed by atoms with van der Waals surface area (Å²) in [6.45, 7) is 3.38. The van der Waals surface area contributed by atoms with Gasteiger partial charge in [-0.15, -0.1) is 0 Å². The molecule has 0 fully saturated rings. The van der Waals surface area contributed by atoms with Crippen LogP contribution in [0.4, 0.5) is 0 Å². The fourth-order valence-corrected chi connectivity index (χ4v) is 2.74. The molecule has 0 aliphatic rings. The van der Waals surface area contributed by atoms with Crippen molar-refractivity contribution in [3.05, 3.63) is 95.3 Å². The first-order chi connectivity index (χ1) is 12.6. The van der Waals surface area contributed by atoms with Gasteiger partial charge in [0, 0.05) is 31.4 Å². The molecular weight excluding hydrogens is 322 g/mol. The summed E-state index contributed by atoms with van der Waals surface area (Å²) >= 11 is 0. The van der Waals surface area contributed by atoms with Gasteiger partial charge in [0.2, 0.25) is 5.91 Å². The van der Waals surface area contributed by atoms with E-state index in [1.54, 1.807) is 17.2 Å². The maximum Gasteiger partial charge on any atom is 0.246 e. The van der Waals surface area contributed by atoms with Crippen molar-refractivity contribution in [2.45, 2.75) is 20.0 Å². The largest absolute Gasteiger partial charge is 0.338 e. The van der Waals surface area contributed by atoms with Crippen LogP contribution in [-0.2, 0) is 17.9 Å². The summed E-state index contributed by atoms with van der Waals surface area (Å²) in [6.07, 6.45) is 7.12. The van der Waals surface area contributed by atoms with Crippen LogP contribution in [0.15, 0.2) is 73.1 Å².